The van der Waals surface area contributed by atoms with E-state index in [2.05, 4.69) is 15.4 Å². The quantitative estimate of drug-likeness (QED) is 0.255. The zero-order valence-corrected chi connectivity index (χ0v) is 25.0. The molecule has 0 radical (unpaired) electrons. The van der Waals surface area contributed by atoms with E-state index in [4.69, 9.17) is 39.3 Å². The molecule has 1 N–H and O–H groups in total. The van der Waals surface area contributed by atoms with Gasteiger partial charge in [-0.15, -0.1) is 0 Å². The van der Waals surface area contributed by atoms with Crippen molar-refractivity contribution in [3.05, 3.63) is 92.6 Å². The molecule has 3 aromatic carbocycles. The van der Waals surface area contributed by atoms with E-state index >= 15 is 0 Å². The van der Waals surface area contributed by atoms with E-state index < -0.39 is 0 Å². The summed E-state index contributed by atoms with van der Waals surface area (Å²) in [6.45, 7) is 3.67. The molecular weight excluding hydrogens is 585 g/mol. The molecule has 5 rings (SSSR count). The molecule has 0 unspecified atom stereocenters. The Bertz CT molecular complexity index is 1600. The summed E-state index contributed by atoms with van der Waals surface area (Å²) in [5, 5.41) is 8.31. The molecule has 4 aromatic rings. The normalized spacial score (nSPS) is 13.3. The summed E-state index contributed by atoms with van der Waals surface area (Å²) in [4.78, 5) is 32.3. The van der Waals surface area contributed by atoms with Crippen molar-refractivity contribution in [2.45, 2.75) is 6.92 Å². The maximum Gasteiger partial charge on any atom is 0.259 e. The Labute approximate surface area is 253 Å². The fourth-order valence-corrected chi connectivity index (χ4v) is 5.53. The number of carbonyl (C=O) groups excluding carboxylic acids is 2. The Morgan fingerprint density at radius 3 is 2.24 bits per heavy atom. The molecule has 41 heavy (non-hydrogen) atoms. The Morgan fingerprint density at radius 1 is 0.902 bits per heavy atom. The maximum atomic E-state index is 13.6. The summed E-state index contributed by atoms with van der Waals surface area (Å²) in [5.74, 6) is -0.0158. The van der Waals surface area contributed by atoms with Crippen molar-refractivity contribution in [3.63, 3.8) is 0 Å². The van der Waals surface area contributed by atoms with Crippen molar-refractivity contribution in [2.75, 3.05) is 55.4 Å². The van der Waals surface area contributed by atoms with Crippen LogP contribution in [0.1, 0.15) is 26.5 Å². The molecular formula is C30H28Cl3N5O3. The van der Waals surface area contributed by atoms with Gasteiger partial charge in [0.2, 0.25) is 0 Å². The monoisotopic (exact) mass is 611 g/mol. The van der Waals surface area contributed by atoms with Gasteiger partial charge < -0.3 is 24.5 Å². The number of aromatic nitrogens is 1. The Balaban J connectivity index is 1.30. The molecule has 1 aromatic heterocycles. The second-order valence-electron chi connectivity index (χ2n) is 9.90. The van der Waals surface area contributed by atoms with E-state index in [1.807, 2.05) is 49.3 Å². The third kappa shape index (κ3) is 6.00. The fraction of sp³-hybridized carbons (Fsp3) is 0.233. The van der Waals surface area contributed by atoms with Crippen LogP contribution in [-0.4, -0.2) is 62.1 Å². The maximum absolute atomic E-state index is 13.6. The van der Waals surface area contributed by atoms with Gasteiger partial charge in [-0.3, -0.25) is 9.59 Å². The number of aryl methyl sites for hydroxylation is 1. The molecule has 0 aliphatic carbocycles. The van der Waals surface area contributed by atoms with Crippen molar-refractivity contribution < 1.29 is 14.1 Å². The first kappa shape index (κ1) is 28.8. The number of hydrogen-bond donors (Lipinski definition) is 1. The van der Waals surface area contributed by atoms with Crippen LogP contribution in [0, 0.1) is 6.92 Å². The number of piperazine rings is 1. The average molecular weight is 613 g/mol. The Kier molecular flexibility index (Phi) is 8.45. The summed E-state index contributed by atoms with van der Waals surface area (Å²) in [7, 11) is 3.88. The van der Waals surface area contributed by atoms with Crippen molar-refractivity contribution >= 4 is 63.7 Å². The Hall–Kier alpha value is -3.72. The van der Waals surface area contributed by atoms with E-state index in [0.717, 1.165) is 11.4 Å². The van der Waals surface area contributed by atoms with Gasteiger partial charge in [0.1, 0.15) is 17.0 Å². The summed E-state index contributed by atoms with van der Waals surface area (Å²) < 4.78 is 5.39. The SMILES string of the molecule is Cc1onc(-c2ccccc2Cl)c1C(=O)N1CCN(c2cc(NC(=O)c3ccc(N(C)C)cc3)c(Cl)cc2Cl)CC1. The third-order valence-corrected chi connectivity index (χ3v) is 7.99. The minimum absolute atomic E-state index is 0.172. The van der Waals surface area contributed by atoms with Crippen molar-refractivity contribution in [1.29, 1.82) is 0 Å². The standard InChI is InChI=1S/C30H28Cl3N5O3/c1-18-27(28(35-41-18)21-6-4-5-7-22(21)31)30(40)38-14-12-37(13-15-38)26-17-25(23(32)16-24(26)33)34-29(39)19-8-10-20(11-9-19)36(2)3/h4-11,16-17H,12-15H2,1-3H3,(H,34,39). The van der Waals surface area contributed by atoms with Crippen molar-refractivity contribution in [2.24, 2.45) is 0 Å². The van der Waals surface area contributed by atoms with Crippen LogP contribution in [0.15, 0.2) is 65.2 Å². The predicted octanol–water partition coefficient (Wildman–Crippen LogP) is 6.89. The van der Waals surface area contributed by atoms with E-state index in [1.165, 1.54) is 0 Å². The summed E-state index contributed by atoms with van der Waals surface area (Å²) >= 11 is 19.4. The highest BCUT2D eigenvalue weighted by Crippen LogP contribution is 2.36. The van der Waals surface area contributed by atoms with E-state index in [1.54, 1.807) is 42.2 Å². The first-order valence-corrected chi connectivity index (χ1v) is 14.1. The lowest BCUT2D eigenvalue weighted by atomic mass is 10.0. The second-order valence-corrected chi connectivity index (χ2v) is 11.1. The molecule has 0 atom stereocenters. The smallest absolute Gasteiger partial charge is 0.259 e. The van der Waals surface area contributed by atoms with Crippen LogP contribution in [0.5, 0.6) is 0 Å². The summed E-state index contributed by atoms with van der Waals surface area (Å²) in [5.41, 5.74) is 4.15. The topological polar surface area (TPSA) is 81.9 Å². The van der Waals surface area contributed by atoms with Gasteiger partial charge in [0, 0.05) is 57.1 Å². The number of halogens is 3. The van der Waals surface area contributed by atoms with Crippen LogP contribution in [-0.2, 0) is 0 Å². The van der Waals surface area contributed by atoms with Crippen molar-refractivity contribution in [1.82, 2.24) is 10.1 Å². The molecule has 212 valence electrons. The van der Waals surface area contributed by atoms with Gasteiger partial charge in [0.15, 0.2) is 0 Å². The van der Waals surface area contributed by atoms with Crippen molar-refractivity contribution in [3.8, 4) is 11.3 Å². The lowest BCUT2D eigenvalue weighted by Crippen LogP contribution is -2.49. The zero-order valence-electron chi connectivity index (χ0n) is 22.7. The predicted molar refractivity (Wildman–Crippen MR) is 165 cm³/mol. The van der Waals surface area contributed by atoms with Gasteiger partial charge in [-0.1, -0.05) is 58.2 Å². The molecule has 0 saturated carbocycles. The number of benzene rings is 3. The number of hydrogen-bond acceptors (Lipinski definition) is 6. The number of nitrogens with one attached hydrogen (secondary N) is 1. The van der Waals surface area contributed by atoms with Crippen LogP contribution in [0.25, 0.3) is 11.3 Å². The first-order chi connectivity index (χ1) is 19.6. The average Bonchev–Trinajstić information content (AvgIpc) is 3.35. The van der Waals surface area contributed by atoms with Gasteiger partial charge in [-0.25, -0.2) is 0 Å². The lowest BCUT2D eigenvalue weighted by molar-refractivity contribution is 0.0745. The minimum Gasteiger partial charge on any atom is -0.378 e. The molecule has 1 fully saturated rings. The van der Waals surface area contributed by atoms with Gasteiger partial charge in [-0.05, 0) is 49.4 Å². The van der Waals surface area contributed by atoms with Crippen LogP contribution >= 0.6 is 34.8 Å². The molecule has 1 aliphatic heterocycles. The molecule has 0 bridgehead atoms. The number of carbonyl (C=O) groups is 2. The largest absolute Gasteiger partial charge is 0.378 e. The highest BCUT2D eigenvalue weighted by molar-refractivity contribution is 6.38. The minimum atomic E-state index is -0.278. The molecule has 2 amide bonds. The van der Waals surface area contributed by atoms with E-state index in [0.29, 0.717) is 75.1 Å². The lowest BCUT2D eigenvalue weighted by Gasteiger charge is -2.36. The summed E-state index contributed by atoms with van der Waals surface area (Å²) in [6.07, 6.45) is 0. The van der Waals surface area contributed by atoms with Gasteiger partial charge in [0.05, 0.1) is 26.4 Å². The first-order valence-electron chi connectivity index (χ1n) is 13.0. The third-order valence-electron chi connectivity index (χ3n) is 7.04. The molecule has 11 heteroatoms. The second kappa shape index (κ2) is 12.0. The van der Waals surface area contributed by atoms with Crippen LogP contribution in [0.4, 0.5) is 17.1 Å². The summed E-state index contributed by atoms with van der Waals surface area (Å²) in [6, 6.07) is 17.9. The fourth-order valence-electron chi connectivity index (χ4n) is 4.75. The van der Waals surface area contributed by atoms with Crippen LogP contribution in [0.3, 0.4) is 0 Å². The molecule has 0 spiro atoms. The number of rotatable bonds is 6. The highest BCUT2D eigenvalue weighted by Gasteiger charge is 2.30. The molecule has 1 aliphatic rings. The van der Waals surface area contributed by atoms with Gasteiger partial charge >= 0.3 is 0 Å². The van der Waals surface area contributed by atoms with E-state index in [-0.39, 0.29) is 11.8 Å². The van der Waals surface area contributed by atoms with Crippen LogP contribution in [0.2, 0.25) is 15.1 Å². The zero-order chi connectivity index (χ0) is 29.3. The Morgan fingerprint density at radius 2 is 1.59 bits per heavy atom. The van der Waals surface area contributed by atoms with Gasteiger partial charge in [-0.2, -0.15) is 0 Å². The highest BCUT2D eigenvalue weighted by atomic mass is 35.5. The van der Waals surface area contributed by atoms with E-state index in [9.17, 15) is 9.59 Å². The van der Waals surface area contributed by atoms with Crippen LogP contribution < -0.4 is 15.1 Å². The molecule has 2 heterocycles. The number of nitrogens with zero attached hydrogens (tertiary/aromatic N) is 4. The number of amides is 2. The van der Waals surface area contributed by atoms with Gasteiger partial charge in [0.25, 0.3) is 11.8 Å². The number of anilines is 3. The molecule has 8 nitrogen and oxygen atoms in total. The molecule has 1 saturated heterocycles.